The van der Waals surface area contributed by atoms with E-state index in [1.54, 1.807) is 0 Å². The monoisotopic (exact) mass is 339 g/mol. The van der Waals surface area contributed by atoms with Crippen molar-refractivity contribution >= 4 is 17.5 Å². The first-order valence-electron chi connectivity index (χ1n) is 7.83. The molecule has 1 aromatic heterocycles. The van der Waals surface area contributed by atoms with Crippen LogP contribution in [0.15, 0.2) is 30.5 Å². The summed E-state index contributed by atoms with van der Waals surface area (Å²) in [5.74, 6) is 0.641. The van der Waals surface area contributed by atoms with Gasteiger partial charge in [-0.15, -0.1) is 5.10 Å². The number of nitrogens with zero attached hydrogens (tertiary/aromatic N) is 4. The van der Waals surface area contributed by atoms with E-state index in [1.807, 2.05) is 4.90 Å². The highest BCUT2D eigenvalue weighted by atomic mass is 19.4. The third-order valence-corrected chi connectivity index (χ3v) is 3.34. The van der Waals surface area contributed by atoms with Crippen LogP contribution in [0.4, 0.5) is 30.6 Å². The Morgan fingerprint density at radius 2 is 1.75 bits per heavy atom. The summed E-state index contributed by atoms with van der Waals surface area (Å²) in [7, 11) is 0. The van der Waals surface area contributed by atoms with Crippen LogP contribution in [0.1, 0.15) is 32.3 Å². The van der Waals surface area contributed by atoms with Crippen molar-refractivity contribution < 1.29 is 13.2 Å². The minimum atomic E-state index is -4.45. The van der Waals surface area contributed by atoms with Gasteiger partial charge >= 0.3 is 6.18 Å². The van der Waals surface area contributed by atoms with Crippen LogP contribution < -0.4 is 10.2 Å². The molecule has 0 atom stereocenters. The maximum Gasteiger partial charge on any atom is 0.418 e. The number of nitrogens with one attached hydrogen (secondary N) is 1. The summed E-state index contributed by atoms with van der Waals surface area (Å²) in [5.41, 5.74) is -0.862. The van der Waals surface area contributed by atoms with Gasteiger partial charge in [0.25, 0.3) is 0 Å². The van der Waals surface area contributed by atoms with E-state index < -0.39 is 11.7 Å². The Morgan fingerprint density at radius 3 is 2.38 bits per heavy atom. The lowest BCUT2D eigenvalue weighted by Crippen LogP contribution is -2.26. The quantitative estimate of drug-likeness (QED) is 0.817. The minimum Gasteiger partial charge on any atom is -0.355 e. The largest absolute Gasteiger partial charge is 0.418 e. The Labute approximate surface area is 138 Å². The van der Waals surface area contributed by atoms with Gasteiger partial charge in [-0.05, 0) is 25.0 Å². The topological polar surface area (TPSA) is 53.9 Å². The number of benzene rings is 1. The molecule has 0 amide bonds. The van der Waals surface area contributed by atoms with Gasteiger partial charge in [-0.3, -0.25) is 0 Å². The first-order valence-corrected chi connectivity index (χ1v) is 7.83. The Morgan fingerprint density at radius 1 is 1.08 bits per heavy atom. The lowest BCUT2D eigenvalue weighted by Gasteiger charge is -2.22. The molecule has 24 heavy (non-hydrogen) atoms. The second-order valence-corrected chi connectivity index (χ2v) is 5.29. The predicted octanol–water partition coefficient (Wildman–Crippen LogP) is 4.26. The third kappa shape index (κ3) is 4.56. The van der Waals surface area contributed by atoms with Crippen molar-refractivity contribution in [2.45, 2.75) is 32.9 Å². The van der Waals surface area contributed by atoms with Gasteiger partial charge in [0.05, 0.1) is 17.4 Å². The van der Waals surface area contributed by atoms with E-state index >= 15 is 0 Å². The molecule has 0 aliphatic carbocycles. The van der Waals surface area contributed by atoms with Crippen molar-refractivity contribution in [3.63, 3.8) is 0 Å². The van der Waals surface area contributed by atoms with Crippen molar-refractivity contribution in [2.75, 3.05) is 23.3 Å². The van der Waals surface area contributed by atoms with E-state index in [-0.39, 0.29) is 11.6 Å². The van der Waals surface area contributed by atoms with Crippen LogP contribution in [0.25, 0.3) is 0 Å². The van der Waals surface area contributed by atoms with Gasteiger partial charge in [0, 0.05) is 13.1 Å². The number of anilines is 3. The molecule has 1 heterocycles. The van der Waals surface area contributed by atoms with Crippen molar-refractivity contribution in [3.8, 4) is 0 Å². The van der Waals surface area contributed by atoms with E-state index in [0.717, 1.165) is 32.0 Å². The zero-order valence-corrected chi connectivity index (χ0v) is 13.6. The number of para-hydroxylation sites is 1. The number of hydrogen-bond acceptors (Lipinski definition) is 5. The van der Waals surface area contributed by atoms with Crippen LogP contribution in [0.2, 0.25) is 0 Å². The highest BCUT2D eigenvalue weighted by Gasteiger charge is 2.33. The Hall–Kier alpha value is -2.38. The van der Waals surface area contributed by atoms with Gasteiger partial charge < -0.3 is 10.2 Å². The van der Waals surface area contributed by atoms with Gasteiger partial charge in [0.2, 0.25) is 5.95 Å². The van der Waals surface area contributed by atoms with Crippen LogP contribution in [0.3, 0.4) is 0 Å². The van der Waals surface area contributed by atoms with Crippen molar-refractivity contribution in [2.24, 2.45) is 0 Å². The van der Waals surface area contributed by atoms with Crippen LogP contribution in [0, 0.1) is 0 Å². The fraction of sp³-hybridized carbons (Fsp3) is 0.438. The van der Waals surface area contributed by atoms with Crippen LogP contribution in [-0.2, 0) is 6.18 Å². The van der Waals surface area contributed by atoms with E-state index in [2.05, 4.69) is 34.3 Å². The molecule has 0 saturated carbocycles. The van der Waals surface area contributed by atoms with Crippen molar-refractivity contribution in [1.82, 2.24) is 15.2 Å². The summed E-state index contributed by atoms with van der Waals surface area (Å²) in [6, 6.07) is 5.22. The molecule has 2 rings (SSSR count). The molecule has 0 saturated heterocycles. The molecule has 0 fully saturated rings. The normalized spacial score (nSPS) is 11.4. The second-order valence-electron chi connectivity index (χ2n) is 5.29. The molecule has 8 heteroatoms. The Balaban J connectivity index is 2.27. The van der Waals surface area contributed by atoms with Gasteiger partial charge in [-0.1, -0.05) is 26.0 Å². The average molecular weight is 339 g/mol. The smallest absolute Gasteiger partial charge is 0.355 e. The van der Waals surface area contributed by atoms with Crippen LogP contribution in [0.5, 0.6) is 0 Å². The number of alkyl halides is 3. The zero-order chi connectivity index (χ0) is 17.6. The van der Waals surface area contributed by atoms with Crippen LogP contribution >= 0.6 is 0 Å². The summed E-state index contributed by atoms with van der Waals surface area (Å²) >= 11 is 0. The molecule has 0 unspecified atom stereocenters. The van der Waals surface area contributed by atoms with Crippen LogP contribution in [-0.4, -0.2) is 28.3 Å². The third-order valence-electron chi connectivity index (χ3n) is 3.34. The first kappa shape index (κ1) is 18.0. The summed E-state index contributed by atoms with van der Waals surface area (Å²) in [6.07, 6.45) is -1.06. The molecule has 0 spiro atoms. The predicted molar refractivity (Wildman–Crippen MR) is 87.3 cm³/mol. The molecule has 0 bridgehead atoms. The molecule has 0 aliphatic heterocycles. The standard InChI is InChI=1S/C16H20F3N5/c1-3-9-24(10-4-2)14-11-20-23-15(22-14)21-13-8-6-5-7-12(13)16(17,18)19/h5-8,11H,3-4,9-10H2,1-2H3,(H,21,22,23). The van der Waals surface area contributed by atoms with Crippen molar-refractivity contribution in [3.05, 3.63) is 36.0 Å². The number of hydrogen-bond donors (Lipinski definition) is 1. The second kappa shape index (κ2) is 7.94. The highest BCUT2D eigenvalue weighted by molar-refractivity contribution is 5.60. The van der Waals surface area contributed by atoms with Gasteiger partial charge in [0.15, 0.2) is 5.82 Å². The average Bonchev–Trinajstić information content (AvgIpc) is 2.54. The molecule has 1 N–H and O–H groups in total. The zero-order valence-electron chi connectivity index (χ0n) is 13.6. The molecule has 5 nitrogen and oxygen atoms in total. The molecule has 130 valence electrons. The fourth-order valence-electron chi connectivity index (χ4n) is 2.34. The van der Waals surface area contributed by atoms with E-state index in [0.29, 0.717) is 5.82 Å². The molecular formula is C16H20F3N5. The summed E-state index contributed by atoms with van der Waals surface area (Å²) in [4.78, 5) is 6.34. The number of halogens is 3. The van der Waals surface area contributed by atoms with Gasteiger partial charge in [-0.2, -0.15) is 23.3 Å². The van der Waals surface area contributed by atoms with Gasteiger partial charge in [0.1, 0.15) is 0 Å². The van der Waals surface area contributed by atoms with E-state index in [9.17, 15) is 13.2 Å². The maximum atomic E-state index is 13.1. The summed E-state index contributed by atoms with van der Waals surface area (Å²) in [6.45, 7) is 5.70. The molecular weight excluding hydrogens is 319 g/mol. The number of aromatic nitrogens is 3. The summed E-state index contributed by atoms with van der Waals surface area (Å²) in [5, 5.41) is 10.3. The number of rotatable bonds is 7. The van der Waals surface area contributed by atoms with E-state index in [4.69, 9.17) is 0 Å². The molecule has 0 radical (unpaired) electrons. The van der Waals surface area contributed by atoms with Gasteiger partial charge in [-0.25, -0.2) is 0 Å². The SMILES string of the molecule is CCCN(CCC)c1cnnc(Nc2ccccc2C(F)(F)F)n1. The Bertz CT molecular complexity index is 654. The Kier molecular flexibility index (Phi) is 5.94. The lowest BCUT2D eigenvalue weighted by molar-refractivity contribution is -0.136. The molecule has 0 aliphatic rings. The lowest BCUT2D eigenvalue weighted by atomic mass is 10.1. The fourth-order valence-corrected chi connectivity index (χ4v) is 2.34. The molecule has 2 aromatic rings. The summed E-state index contributed by atoms with van der Waals surface area (Å²) < 4.78 is 39.2. The van der Waals surface area contributed by atoms with E-state index in [1.165, 1.54) is 24.4 Å². The minimum absolute atomic E-state index is 0.0430. The van der Waals surface area contributed by atoms with Crippen molar-refractivity contribution in [1.29, 1.82) is 0 Å². The maximum absolute atomic E-state index is 13.1. The first-order chi connectivity index (χ1) is 11.5. The highest BCUT2D eigenvalue weighted by Crippen LogP contribution is 2.35. The molecule has 1 aromatic carbocycles.